The average molecular weight is 331 g/mol. The van der Waals surface area contributed by atoms with Crippen molar-refractivity contribution >= 4 is 11.7 Å². The maximum absolute atomic E-state index is 11.8. The van der Waals surface area contributed by atoms with Crippen molar-refractivity contribution in [3.63, 3.8) is 0 Å². The first kappa shape index (κ1) is 17.9. The zero-order chi connectivity index (χ0) is 17.7. The number of ether oxygens (including phenoxy) is 1. The van der Waals surface area contributed by atoms with E-state index in [0.29, 0.717) is 12.4 Å². The third kappa shape index (κ3) is 4.55. The second kappa shape index (κ2) is 7.44. The molecule has 0 saturated carbocycles. The van der Waals surface area contributed by atoms with Gasteiger partial charge >= 0.3 is 5.97 Å². The number of carboxylic acid groups (broad SMARTS) is 1. The van der Waals surface area contributed by atoms with Gasteiger partial charge in [0.25, 0.3) is 0 Å². The second-order valence-corrected chi connectivity index (χ2v) is 6.05. The minimum absolute atomic E-state index is 0.0325. The molecule has 1 aromatic rings. The summed E-state index contributed by atoms with van der Waals surface area (Å²) in [6, 6.07) is 4.26. The van der Waals surface area contributed by atoms with Crippen molar-refractivity contribution in [3.8, 4) is 5.75 Å². The van der Waals surface area contributed by atoms with E-state index in [9.17, 15) is 10.0 Å². The zero-order valence-electron chi connectivity index (χ0n) is 13.9. The van der Waals surface area contributed by atoms with Gasteiger partial charge in [-0.2, -0.15) is 5.23 Å². The maximum atomic E-state index is 11.8. The molecule has 0 aliphatic heterocycles. The molecular formula is C18H21NO5. The normalized spacial score (nSPS) is 17.1. The Hall–Kier alpha value is -2.41. The van der Waals surface area contributed by atoms with Crippen LogP contribution in [0.5, 0.6) is 5.75 Å². The van der Waals surface area contributed by atoms with Gasteiger partial charge in [-0.1, -0.05) is 44.2 Å². The van der Waals surface area contributed by atoms with Gasteiger partial charge in [-0.3, -0.25) is 0 Å². The fraction of sp³-hybridized carbons (Fsp3) is 0.278. The van der Waals surface area contributed by atoms with E-state index in [2.05, 4.69) is 30.8 Å². The second-order valence-electron chi connectivity index (χ2n) is 6.05. The molecule has 6 nitrogen and oxygen atoms in total. The van der Waals surface area contributed by atoms with Gasteiger partial charge in [-0.15, -0.1) is 0 Å². The molecule has 0 radical (unpaired) electrons. The van der Waals surface area contributed by atoms with Crippen LogP contribution in [0.4, 0.5) is 5.69 Å². The van der Waals surface area contributed by atoms with Crippen LogP contribution in [0.25, 0.3) is 0 Å². The summed E-state index contributed by atoms with van der Waals surface area (Å²) in [5, 5.41) is 20.2. The van der Waals surface area contributed by atoms with Gasteiger partial charge in [-0.05, 0) is 17.7 Å². The van der Waals surface area contributed by atoms with Crippen molar-refractivity contribution < 1.29 is 24.7 Å². The Bertz CT molecular complexity index is 703. The lowest BCUT2D eigenvalue weighted by atomic mass is 9.91. The van der Waals surface area contributed by atoms with Crippen molar-refractivity contribution in [2.45, 2.75) is 13.8 Å². The van der Waals surface area contributed by atoms with Gasteiger partial charge in [0.1, 0.15) is 17.9 Å². The van der Waals surface area contributed by atoms with E-state index in [0.717, 1.165) is 5.57 Å². The Morgan fingerprint density at radius 3 is 2.75 bits per heavy atom. The summed E-state index contributed by atoms with van der Waals surface area (Å²) in [5.41, 5.74) is 0.766. The van der Waals surface area contributed by atoms with Crippen LogP contribution in [0.2, 0.25) is 0 Å². The van der Waals surface area contributed by atoms with Crippen LogP contribution in [0, 0.1) is 10.6 Å². The Kier molecular flexibility index (Phi) is 5.56. The molecule has 1 aliphatic rings. The van der Waals surface area contributed by atoms with Crippen LogP contribution in [-0.4, -0.2) is 24.8 Å². The number of nitrogens with one attached hydrogen (secondary N) is 1. The minimum Gasteiger partial charge on any atom is -0.595 e. The molecule has 2 rings (SSSR count). The molecule has 1 aromatic carbocycles. The predicted octanol–water partition coefficient (Wildman–Crippen LogP) is 2.42. The van der Waals surface area contributed by atoms with Crippen LogP contribution >= 0.6 is 0 Å². The van der Waals surface area contributed by atoms with E-state index >= 15 is 0 Å². The average Bonchev–Trinajstić information content (AvgIpc) is 2.72. The molecule has 0 saturated heterocycles. The molecule has 0 heterocycles. The minimum atomic E-state index is -1.19. The largest absolute Gasteiger partial charge is 0.595 e. The van der Waals surface area contributed by atoms with Crippen LogP contribution in [0.3, 0.4) is 0 Å². The van der Waals surface area contributed by atoms with E-state index in [1.165, 1.54) is 25.3 Å². The van der Waals surface area contributed by atoms with Crippen molar-refractivity contribution in [2.24, 2.45) is 5.41 Å². The lowest BCUT2D eigenvalue weighted by Gasteiger charge is -2.19. The first-order valence-electron chi connectivity index (χ1n) is 7.48. The highest BCUT2D eigenvalue weighted by molar-refractivity contribution is 5.92. The number of hydrogen-bond acceptors (Lipinski definition) is 4. The molecule has 128 valence electrons. The van der Waals surface area contributed by atoms with Gasteiger partial charge in [0.05, 0.1) is 7.11 Å². The van der Waals surface area contributed by atoms with Crippen molar-refractivity contribution in [1.82, 2.24) is 0 Å². The number of rotatable bonds is 6. The van der Waals surface area contributed by atoms with E-state index in [-0.39, 0.29) is 16.7 Å². The molecule has 1 unspecified atom stereocenters. The van der Waals surface area contributed by atoms with Crippen molar-refractivity contribution in [2.75, 3.05) is 13.7 Å². The smallest absolute Gasteiger partial charge is 0.341 e. The van der Waals surface area contributed by atoms with Crippen molar-refractivity contribution in [3.05, 3.63) is 64.9 Å². The number of carboxylic acids is 1. The SMILES string of the molecule is CO[NH+]([O-])c1cc(OCC2=CC(C)(C)C=CC=C2)ccc1C(=O)O. The standard InChI is InChI=1S/C18H21NO5/c1-18(2)9-5-4-6-13(11-18)12-24-14-7-8-15(17(20)21)16(10-14)19(22)23-3/h4-11,19H,12H2,1-3H3,(H,20,21). The van der Waals surface area contributed by atoms with Gasteiger partial charge in [0, 0.05) is 11.5 Å². The van der Waals surface area contributed by atoms with Gasteiger partial charge < -0.3 is 15.1 Å². The first-order valence-corrected chi connectivity index (χ1v) is 7.48. The molecule has 0 bridgehead atoms. The van der Waals surface area contributed by atoms with Crippen LogP contribution in [0.1, 0.15) is 24.2 Å². The highest BCUT2D eigenvalue weighted by atomic mass is 16.9. The van der Waals surface area contributed by atoms with Crippen LogP contribution in [0.15, 0.2) is 54.2 Å². The lowest BCUT2D eigenvalue weighted by Crippen LogP contribution is -3.00. The van der Waals surface area contributed by atoms with E-state index < -0.39 is 11.2 Å². The fourth-order valence-electron chi connectivity index (χ4n) is 2.39. The topological polar surface area (TPSA) is 83.3 Å². The number of quaternary nitrogens is 1. The van der Waals surface area contributed by atoms with Gasteiger partial charge in [0.15, 0.2) is 5.69 Å². The molecule has 1 aliphatic carbocycles. The summed E-state index contributed by atoms with van der Waals surface area (Å²) >= 11 is 0. The predicted molar refractivity (Wildman–Crippen MR) is 90.0 cm³/mol. The fourth-order valence-corrected chi connectivity index (χ4v) is 2.39. The van der Waals surface area contributed by atoms with E-state index in [1.54, 1.807) is 0 Å². The Morgan fingerprint density at radius 1 is 1.33 bits per heavy atom. The first-order chi connectivity index (χ1) is 11.3. The molecule has 0 aromatic heterocycles. The lowest BCUT2D eigenvalue weighted by molar-refractivity contribution is -0.992. The van der Waals surface area contributed by atoms with Crippen LogP contribution in [-0.2, 0) is 4.84 Å². The Labute approximate surface area is 140 Å². The molecule has 24 heavy (non-hydrogen) atoms. The maximum Gasteiger partial charge on any atom is 0.341 e. The van der Waals surface area contributed by atoms with Gasteiger partial charge in [-0.25, -0.2) is 9.63 Å². The number of allylic oxidation sites excluding steroid dienone is 4. The van der Waals surface area contributed by atoms with Crippen LogP contribution < -0.4 is 9.96 Å². The molecule has 1 atom stereocenters. The Morgan fingerprint density at radius 2 is 2.08 bits per heavy atom. The van der Waals surface area contributed by atoms with Crippen molar-refractivity contribution in [1.29, 1.82) is 0 Å². The number of aromatic carboxylic acids is 1. The number of carbonyl (C=O) groups is 1. The summed E-state index contributed by atoms with van der Waals surface area (Å²) in [7, 11) is 1.21. The highest BCUT2D eigenvalue weighted by Crippen LogP contribution is 2.25. The zero-order valence-corrected chi connectivity index (χ0v) is 13.9. The number of hydrogen-bond donors (Lipinski definition) is 2. The molecule has 2 N–H and O–H groups in total. The summed E-state index contributed by atoms with van der Waals surface area (Å²) in [6.45, 7) is 4.50. The quantitative estimate of drug-likeness (QED) is 0.782. The molecule has 0 fully saturated rings. The Balaban J connectivity index is 2.19. The third-order valence-electron chi connectivity index (χ3n) is 3.54. The highest BCUT2D eigenvalue weighted by Gasteiger charge is 2.18. The molecule has 0 amide bonds. The third-order valence-corrected chi connectivity index (χ3v) is 3.54. The van der Waals surface area contributed by atoms with E-state index in [4.69, 9.17) is 9.84 Å². The molecular weight excluding hydrogens is 310 g/mol. The summed E-state index contributed by atoms with van der Waals surface area (Å²) < 4.78 is 5.72. The summed E-state index contributed by atoms with van der Waals surface area (Å²) in [4.78, 5) is 15.8. The molecule has 0 spiro atoms. The summed E-state index contributed by atoms with van der Waals surface area (Å²) in [6.07, 6.45) is 10.1. The molecule has 6 heteroatoms. The summed E-state index contributed by atoms with van der Waals surface area (Å²) in [5.74, 6) is -0.783. The number of benzene rings is 1. The monoisotopic (exact) mass is 331 g/mol. The van der Waals surface area contributed by atoms with Gasteiger partial charge in [0.2, 0.25) is 0 Å². The van der Waals surface area contributed by atoms with E-state index in [1.807, 2.05) is 18.2 Å².